The molecule has 1 aromatic carbocycles. The van der Waals surface area contributed by atoms with Gasteiger partial charge in [-0.15, -0.1) is 22.7 Å². The van der Waals surface area contributed by atoms with E-state index in [0.717, 1.165) is 21.4 Å². The average Bonchev–Trinajstić information content (AvgIpc) is 3.22. The molecule has 0 unspecified atom stereocenters. The Balaban J connectivity index is 2.02. The minimum atomic E-state index is -0.495. The normalized spacial score (nSPS) is 10.6. The number of nitrogens with one attached hydrogen (secondary N) is 1. The minimum absolute atomic E-state index is 0.184. The van der Waals surface area contributed by atoms with E-state index in [1.54, 1.807) is 6.92 Å². The highest BCUT2D eigenvalue weighted by Gasteiger charge is 2.26. The molecular weight excluding hydrogens is 373 g/mol. The molecule has 0 spiro atoms. The molecule has 0 atom stereocenters. The number of carbonyl (C=O) groups excluding carboxylic acids is 2. The predicted octanol–water partition coefficient (Wildman–Crippen LogP) is 5.35. The first kappa shape index (κ1) is 18.3. The van der Waals surface area contributed by atoms with Crippen LogP contribution in [-0.4, -0.2) is 18.5 Å². The van der Waals surface area contributed by atoms with Crippen LogP contribution in [0.4, 0.5) is 9.39 Å². The maximum absolute atomic E-state index is 13.4. The van der Waals surface area contributed by atoms with Gasteiger partial charge < -0.3 is 10.1 Å². The first-order chi connectivity index (χ1) is 12.5. The molecule has 1 amide bonds. The van der Waals surface area contributed by atoms with Crippen molar-refractivity contribution in [2.45, 2.75) is 13.8 Å². The molecule has 0 radical (unpaired) electrons. The maximum atomic E-state index is 13.4. The van der Waals surface area contributed by atoms with Crippen molar-refractivity contribution in [3.63, 3.8) is 0 Å². The highest BCUT2D eigenvalue weighted by Crippen LogP contribution is 2.42. The van der Waals surface area contributed by atoms with Gasteiger partial charge in [-0.3, -0.25) is 4.79 Å². The van der Waals surface area contributed by atoms with Crippen LogP contribution >= 0.6 is 22.7 Å². The fourth-order valence-corrected chi connectivity index (χ4v) is 4.50. The van der Waals surface area contributed by atoms with Crippen molar-refractivity contribution in [1.82, 2.24) is 0 Å². The van der Waals surface area contributed by atoms with E-state index in [9.17, 15) is 14.0 Å². The fourth-order valence-electron chi connectivity index (χ4n) is 2.55. The molecule has 0 aliphatic heterocycles. The molecule has 4 nitrogen and oxygen atoms in total. The van der Waals surface area contributed by atoms with Crippen molar-refractivity contribution in [3.8, 4) is 10.4 Å². The zero-order chi connectivity index (χ0) is 18.7. The number of carbonyl (C=O) groups is 2. The van der Waals surface area contributed by atoms with Gasteiger partial charge >= 0.3 is 5.97 Å². The van der Waals surface area contributed by atoms with Gasteiger partial charge in [-0.2, -0.15) is 0 Å². The molecule has 134 valence electrons. The van der Waals surface area contributed by atoms with Crippen LogP contribution in [0.1, 0.15) is 32.5 Å². The quantitative estimate of drug-likeness (QED) is 0.598. The van der Waals surface area contributed by atoms with Crippen LogP contribution in [0.5, 0.6) is 0 Å². The summed E-state index contributed by atoms with van der Waals surface area (Å²) in [6, 6.07) is 9.22. The minimum Gasteiger partial charge on any atom is -0.462 e. The van der Waals surface area contributed by atoms with Gasteiger partial charge in [0.25, 0.3) is 5.91 Å². The topological polar surface area (TPSA) is 55.4 Å². The van der Waals surface area contributed by atoms with Crippen molar-refractivity contribution in [1.29, 1.82) is 0 Å². The SMILES string of the molecule is CCOC(=O)c1c(NC(=O)c2cccc(F)c2)sc(C)c1-c1cccs1. The second-order valence-electron chi connectivity index (χ2n) is 5.40. The van der Waals surface area contributed by atoms with Gasteiger partial charge in [0.2, 0.25) is 0 Å². The van der Waals surface area contributed by atoms with Crippen molar-refractivity contribution in [3.05, 3.63) is 63.6 Å². The van der Waals surface area contributed by atoms with Gasteiger partial charge in [0, 0.05) is 20.9 Å². The molecule has 0 fully saturated rings. The second-order valence-corrected chi connectivity index (χ2v) is 7.57. The predicted molar refractivity (Wildman–Crippen MR) is 103 cm³/mol. The van der Waals surface area contributed by atoms with Crippen LogP contribution in [0.3, 0.4) is 0 Å². The molecule has 0 saturated heterocycles. The molecule has 0 aliphatic rings. The zero-order valence-electron chi connectivity index (χ0n) is 14.2. The van der Waals surface area contributed by atoms with Crippen molar-refractivity contribution >= 4 is 39.6 Å². The number of thiophene rings is 2. The number of aryl methyl sites for hydroxylation is 1. The number of rotatable bonds is 5. The van der Waals surface area contributed by atoms with Crippen molar-refractivity contribution in [2.24, 2.45) is 0 Å². The molecule has 2 aromatic heterocycles. The molecule has 0 saturated carbocycles. The van der Waals surface area contributed by atoms with E-state index in [1.807, 2.05) is 24.4 Å². The number of esters is 1. The van der Waals surface area contributed by atoms with E-state index in [2.05, 4.69) is 5.32 Å². The van der Waals surface area contributed by atoms with Gasteiger partial charge in [-0.1, -0.05) is 12.1 Å². The third-order valence-electron chi connectivity index (χ3n) is 3.65. The van der Waals surface area contributed by atoms with Gasteiger partial charge in [0.1, 0.15) is 16.4 Å². The summed E-state index contributed by atoms with van der Waals surface area (Å²) in [5, 5.41) is 5.06. The molecule has 3 aromatic rings. The first-order valence-electron chi connectivity index (χ1n) is 7.92. The number of amides is 1. The van der Waals surface area contributed by atoms with Crippen molar-refractivity contribution < 1.29 is 18.7 Å². The molecule has 1 N–H and O–H groups in total. The van der Waals surface area contributed by atoms with Crippen molar-refractivity contribution in [2.75, 3.05) is 11.9 Å². The van der Waals surface area contributed by atoms with E-state index >= 15 is 0 Å². The highest BCUT2D eigenvalue weighted by molar-refractivity contribution is 7.18. The van der Waals surface area contributed by atoms with Gasteiger partial charge in [-0.05, 0) is 43.5 Å². The number of hydrogen-bond acceptors (Lipinski definition) is 5. The van der Waals surface area contributed by atoms with Gasteiger partial charge in [-0.25, -0.2) is 9.18 Å². The second kappa shape index (κ2) is 7.80. The Kier molecular flexibility index (Phi) is 5.49. The molecule has 26 heavy (non-hydrogen) atoms. The lowest BCUT2D eigenvalue weighted by molar-refractivity contribution is 0.0529. The standard InChI is InChI=1S/C19H16FNO3S2/c1-3-24-19(23)16-15(14-8-5-9-25-14)11(2)26-18(16)21-17(22)12-6-4-7-13(20)10-12/h4-10H,3H2,1-2H3,(H,21,22). The van der Waals surface area contributed by atoms with E-state index in [-0.39, 0.29) is 12.2 Å². The summed E-state index contributed by atoms with van der Waals surface area (Å²) in [7, 11) is 0. The highest BCUT2D eigenvalue weighted by atomic mass is 32.1. The third-order valence-corrected chi connectivity index (χ3v) is 5.55. The summed E-state index contributed by atoms with van der Waals surface area (Å²) in [5.74, 6) is -1.46. The Hall–Kier alpha value is -2.51. The molecule has 3 rings (SSSR count). The Morgan fingerprint density at radius 3 is 2.69 bits per heavy atom. The summed E-state index contributed by atoms with van der Waals surface area (Å²) in [6.07, 6.45) is 0. The summed E-state index contributed by atoms with van der Waals surface area (Å²) < 4.78 is 18.6. The van der Waals surface area contributed by atoms with E-state index in [0.29, 0.717) is 10.6 Å². The van der Waals surface area contributed by atoms with Crippen LogP contribution < -0.4 is 5.32 Å². The number of halogens is 1. The fraction of sp³-hybridized carbons (Fsp3) is 0.158. The molecule has 7 heteroatoms. The van der Waals surface area contributed by atoms with Crippen LogP contribution in [0.15, 0.2) is 41.8 Å². The Morgan fingerprint density at radius 2 is 2.04 bits per heavy atom. The van der Waals surface area contributed by atoms with E-state index < -0.39 is 17.7 Å². The summed E-state index contributed by atoms with van der Waals surface area (Å²) in [6.45, 7) is 3.85. The maximum Gasteiger partial charge on any atom is 0.341 e. The molecule has 0 aliphatic carbocycles. The third kappa shape index (κ3) is 3.68. The van der Waals surface area contributed by atoms with E-state index in [4.69, 9.17) is 4.74 Å². The molecule has 0 bridgehead atoms. The first-order valence-corrected chi connectivity index (χ1v) is 9.62. The number of anilines is 1. The Morgan fingerprint density at radius 1 is 1.23 bits per heavy atom. The average molecular weight is 389 g/mol. The van der Waals surface area contributed by atoms with Crippen LogP contribution in [0.25, 0.3) is 10.4 Å². The molecule has 2 heterocycles. The lowest BCUT2D eigenvalue weighted by Gasteiger charge is -2.08. The van der Waals surface area contributed by atoms with Gasteiger partial charge in [0.05, 0.1) is 6.61 Å². The molecular formula is C19H16FNO3S2. The number of hydrogen-bond donors (Lipinski definition) is 1. The smallest absolute Gasteiger partial charge is 0.341 e. The monoisotopic (exact) mass is 389 g/mol. The summed E-state index contributed by atoms with van der Waals surface area (Å²) in [4.78, 5) is 26.8. The Bertz CT molecular complexity index is 948. The summed E-state index contributed by atoms with van der Waals surface area (Å²) >= 11 is 2.81. The van der Waals surface area contributed by atoms with Crippen LogP contribution in [0, 0.1) is 12.7 Å². The zero-order valence-corrected chi connectivity index (χ0v) is 15.8. The van der Waals surface area contributed by atoms with E-state index in [1.165, 1.54) is 40.9 Å². The number of benzene rings is 1. The van der Waals surface area contributed by atoms with Crippen LogP contribution in [-0.2, 0) is 4.74 Å². The lowest BCUT2D eigenvalue weighted by atomic mass is 10.1. The van der Waals surface area contributed by atoms with Crippen LogP contribution in [0.2, 0.25) is 0 Å². The number of ether oxygens (including phenoxy) is 1. The van der Waals surface area contributed by atoms with Gasteiger partial charge in [0.15, 0.2) is 0 Å². The summed E-state index contributed by atoms with van der Waals surface area (Å²) in [5.41, 5.74) is 1.28. The Labute approximate surface area is 158 Å². The lowest BCUT2D eigenvalue weighted by Crippen LogP contribution is -2.15. The largest absolute Gasteiger partial charge is 0.462 e.